The molecule has 0 atom stereocenters. The Morgan fingerprint density at radius 2 is 2.13 bits per heavy atom. The van der Waals surface area contributed by atoms with Crippen LogP contribution in [0, 0.1) is 10.1 Å². The molecule has 5 nitrogen and oxygen atoms in total. The molecule has 0 amide bonds. The van der Waals surface area contributed by atoms with Gasteiger partial charge in [0.2, 0.25) is 0 Å². The van der Waals surface area contributed by atoms with Crippen molar-refractivity contribution >= 4 is 29.4 Å². The first-order valence-electron chi connectivity index (χ1n) is 3.92. The van der Waals surface area contributed by atoms with Crippen molar-refractivity contribution in [3.8, 4) is 0 Å². The van der Waals surface area contributed by atoms with E-state index in [0.717, 1.165) is 6.07 Å². The van der Waals surface area contributed by atoms with Crippen LogP contribution in [0.3, 0.4) is 0 Å². The summed E-state index contributed by atoms with van der Waals surface area (Å²) in [5.41, 5.74) is -0.805. The lowest BCUT2D eigenvalue weighted by Gasteiger charge is -2.03. The molecule has 0 aliphatic heterocycles. The minimum absolute atomic E-state index is 0.0372. The highest BCUT2D eigenvalue weighted by atomic mass is 35.5. The van der Waals surface area contributed by atoms with Gasteiger partial charge in [0, 0.05) is 6.07 Å². The molecule has 1 aromatic carbocycles. The molecule has 15 heavy (non-hydrogen) atoms. The Morgan fingerprint density at radius 3 is 2.53 bits per heavy atom. The van der Waals surface area contributed by atoms with E-state index in [9.17, 15) is 19.7 Å². The number of hydrogen-bond acceptors (Lipinski definition) is 4. The Balaban J connectivity index is 3.61. The molecular formula is C9H6ClNO4. The Morgan fingerprint density at radius 1 is 1.53 bits per heavy atom. The number of benzene rings is 1. The lowest BCUT2D eigenvalue weighted by atomic mass is 10.0. The van der Waals surface area contributed by atoms with Crippen LogP contribution in [0.5, 0.6) is 0 Å². The highest BCUT2D eigenvalue weighted by Gasteiger charge is 2.21. The second-order valence-electron chi connectivity index (χ2n) is 2.79. The van der Waals surface area contributed by atoms with Crippen molar-refractivity contribution in [3.05, 3.63) is 38.4 Å². The van der Waals surface area contributed by atoms with Crippen molar-refractivity contribution in [2.24, 2.45) is 0 Å². The fourth-order valence-electron chi connectivity index (χ4n) is 1.22. The Labute approximate surface area is 89.8 Å². The predicted molar refractivity (Wildman–Crippen MR) is 53.5 cm³/mol. The molecule has 1 rings (SSSR count). The number of ketones is 1. The molecule has 78 valence electrons. The third-order valence-corrected chi connectivity index (χ3v) is 2.15. The number of Topliss-reactive ketones (excluding diaryl/α,β-unsaturated/α-hetero) is 1. The Kier molecular flexibility index (Phi) is 3.16. The fourth-order valence-corrected chi connectivity index (χ4v) is 1.52. The Bertz CT molecular complexity index is 456. The average molecular weight is 228 g/mol. The van der Waals surface area contributed by atoms with E-state index in [-0.39, 0.29) is 22.4 Å². The molecule has 0 saturated carbocycles. The molecular weight excluding hydrogens is 222 g/mol. The van der Waals surface area contributed by atoms with Gasteiger partial charge in [-0.3, -0.25) is 19.7 Å². The van der Waals surface area contributed by atoms with Gasteiger partial charge in [-0.05, 0) is 13.0 Å². The smallest absolute Gasteiger partial charge is 0.280 e. The van der Waals surface area contributed by atoms with Crippen LogP contribution < -0.4 is 0 Å². The van der Waals surface area contributed by atoms with E-state index in [0.29, 0.717) is 0 Å². The first-order chi connectivity index (χ1) is 6.99. The highest BCUT2D eigenvalue weighted by molar-refractivity contribution is 6.34. The minimum atomic E-state index is -0.730. The van der Waals surface area contributed by atoms with Crippen molar-refractivity contribution in [2.45, 2.75) is 6.92 Å². The van der Waals surface area contributed by atoms with Crippen molar-refractivity contribution < 1.29 is 14.5 Å². The van der Waals surface area contributed by atoms with Gasteiger partial charge in [-0.25, -0.2) is 0 Å². The van der Waals surface area contributed by atoms with Crippen LogP contribution in [-0.2, 0) is 0 Å². The zero-order valence-corrected chi connectivity index (χ0v) is 8.45. The van der Waals surface area contributed by atoms with E-state index in [2.05, 4.69) is 0 Å². The van der Waals surface area contributed by atoms with Gasteiger partial charge in [-0.2, -0.15) is 0 Å². The van der Waals surface area contributed by atoms with Gasteiger partial charge in [0.1, 0.15) is 5.56 Å². The fraction of sp³-hybridized carbons (Fsp3) is 0.111. The summed E-state index contributed by atoms with van der Waals surface area (Å²) in [6.07, 6.45) is 0.265. The van der Waals surface area contributed by atoms with Crippen LogP contribution in [0.1, 0.15) is 27.6 Å². The van der Waals surface area contributed by atoms with Gasteiger partial charge in [-0.1, -0.05) is 11.6 Å². The number of rotatable bonds is 3. The third kappa shape index (κ3) is 2.02. The number of nitro groups is 1. The van der Waals surface area contributed by atoms with Crippen LogP contribution in [0.4, 0.5) is 5.69 Å². The van der Waals surface area contributed by atoms with Crippen molar-refractivity contribution in [1.82, 2.24) is 0 Å². The van der Waals surface area contributed by atoms with Gasteiger partial charge in [0.25, 0.3) is 5.69 Å². The third-order valence-electron chi connectivity index (χ3n) is 1.84. The molecule has 0 aliphatic carbocycles. The molecule has 0 saturated heterocycles. The van der Waals surface area contributed by atoms with Crippen molar-refractivity contribution in [1.29, 1.82) is 0 Å². The number of carbonyl (C=O) groups excluding carboxylic acids is 2. The molecule has 0 aliphatic rings. The first-order valence-corrected chi connectivity index (χ1v) is 4.29. The van der Waals surface area contributed by atoms with E-state index in [1.807, 2.05) is 0 Å². The summed E-state index contributed by atoms with van der Waals surface area (Å²) in [7, 11) is 0. The maximum atomic E-state index is 11.2. The highest BCUT2D eigenvalue weighted by Crippen LogP contribution is 2.27. The summed E-state index contributed by atoms with van der Waals surface area (Å²) < 4.78 is 0. The Hall–Kier alpha value is -1.75. The monoisotopic (exact) mass is 227 g/mol. The molecule has 0 unspecified atom stereocenters. The molecule has 1 aromatic rings. The molecule has 0 bridgehead atoms. The zero-order chi connectivity index (χ0) is 11.6. The second-order valence-corrected chi connectivity index (χ2v) is 3.19. The van der Waals surface area contributed by atoms with Crippen LogP contribution in [0.25, 0.3) is 0 Å². The molecule has 0 radical (unpaired) electrons. The molecule has 0 N–H and O–H groups in total. The summed E-state index contributed by atoms with van der Waals surface area (Å²) in [6, 6.07) is 2.32. The van der Waals surface area contributed by atoms with Crippen molar-refractivity contribution in [2.75, 3.05) is 0 Å². The summed E-state index contributed by atoms with van der Waals surface area (Å²) in [5.74, 6) is -0.481. The van der Waals surface area contributed by atoms with Gasteiger partial charge in [0.15, 0.2) is 12.1 Å². The summed E-state index contributed by atoms with van der Waals surface area (Å²) >= 11 is 5.68. The predicted octanol–water partition coefficient (Wildman–Crippen LogP) is 2.26. The van der Waals surface area contributed by atoms with E-state index in [1.165, 1.54) is 13.0 Å². The number of nitrogens with zero attached hydrogens (tertiary/aromatic N) is 1. The number of aldehydes is 1. The number of halogens is 1. The maximum absolute atomic E-state index is 11.2. The lowest BCUT2D eigenvalue weighted by Crippen LogP contribution is -2.04. The molecule has 0 spiro atoms. The maximum Gasteiger partial charge on any atom is 0.280 e. The zero-order valence-electron chi connectivity index (χ0n) is 7.69. The number of carbonyl (C=O) groups is 2. The first kappa shape index (κ1) is 11.3. The lowest BCUT2D eigenvalue weighted by molar-refractivity contribution is -0.385. The summed E-state index contributed by atoms with van der Waals surface area (Å²) in [6.45, 7) is 1.19. The van der Waals surface area contributed by atoms with Gasteiger partial charge in [0.05, 0.1) is 15.5 Å². The largest absolute Gasteiger partial charge is 0.298 e. The molecule has 6 heteroatoms. The number of nitro benzene ring substituents is 1. The van der Waals surface area contributed by atoms with Crippen LogP contribution >= 0.6 is 11.6 Å². The van der Waals surface area contributed by atoms with Crippen LogP contribution in [0.2, 0.25) is 5.02 Å². The van der Waals surface area contributed by atoms with Gasteiger partial charge < -0.3 is 0 Å². The molecule has 0 heterocycles. The van der Waals surface area contributed by atoms with E-state index in [1.54, 1.807) is 0 Å². The van der Waals surface area contributed by atoms with E-state index >= 15 is 0 Å². The van der Waals surface area contributed by atoms with Crippen molar-refractivity contribution in [3.63, 3.8) is 0 Å². The topological polar surface area (TPSA) is 77.3 Å². The van der Waals surface area contributed by atoms with Crippen LogP contribution in [-0.4, -0.2) is 17.0 Å². The quantitative estimate of drug-likeness (QED) is 0.343. The standard InChI is InChI=1S/C9H6ClNO4/c1-5(13)9-6(4-12)8(11(14)15)3-2-7(9)10/h2-4H,1H3. The average Bonchev–Trinajstić information content (AvgIpc) is 2.15. The molecule has 0 fully saturated rings. The van der Waals surface area contributed by atoms with Crippen LogP contribution in [0.15, 0.2) is 12.1 Å². The number of hydrogen-bond donors (Lipinski definition) is 0. The van der Waals surface area contributed by atoms with E-state index < -0.39 is 16.4 Å². The molecule has 0 aromatic heterocycles. The summed E-state index contributed by atoms with van der Waals surface area (Å²) in [4.78, 5) is 31.7. The second kappa shape index (κ2) is 4.18. The van der Waals surface area contributed by atoms with E-state index in [4.69, 9.17) is 11.6 Å². The van der Waals surface area contributed by atoms with Gasteiger partial charge in [-0.15, -0.1) is 0 Å². The SMILES string of the molecule is CC(=O)c1c(Cl)ccc([N+](=O)[O-])c1C=O. The van der Waals surface area contributed by atoms with Gasteiger partial charge >= 0.3 is 0 Å². The summed E-state index contributed by atoms with van der Waals surface area (Å²) in [5, 5.41) is 10.6. The normalized spacial score (nSPS) is 9.73. The minimum Gasteiger partial charge on any atom is -0.298 e.